The molecule has 1 fully saturated rings. The van der Waals surface area contributed by atoms with E-state index in [0.29, 0.717) is 31.7 Å². The summed E-state index contributed by atoms with van der Waals surface area (Å²) < 4.78 is 35.2. The van der Waals surface area contributed by atoms with E-state index in [1.54, 1.807) is 0 Å². The molecule has 0 spiro atoms. The van der Waals surface area contributed by atoms with E-state index in [0.717, 1.165) is 61.7 Å². The molecule has 0 bridgehead atoms. The fourth-order valence-electron chi connectivity index (χ4n) is 6.66. The number of rotatable bonds is 10. The van der Waals surface area contributed by atoms with Crippen LogP contribution in [0.2, 0.25) is 0 Å². The van der Waals surface area contributed by atoms with Gasteiger partial charge in [0.2, 0.25) is 10.0 Å². The highest BCUT2D eigenvalue weighted by atomic mass is 32.2. The fraction of sp³-hybridized carbons (Fsp3) is 0.677. The lowest BCUT2D eigenvalue weighted by molar-refractivity contribution is 0.0855. The molecule has 2 aliphatic heterocycles. The van der Waals surface area contributed by atoms with Crippen molar-refractivity contribution in [2.24, 2.45) is 16.8 Å². The number of nitriles is 1. The summed E-state index contributed by atoms with van der Waals surface area (Å²) in [6.45, 7) is 8.97. The van der Waals surface area contributed by atoms with Crippen LogP contribution in [0.25, 0.3) is 0 Å². The molecule has 5 aliphatic rings. The monoisotopic (exact) mass is 600 g/mol. The van der Waals surface area contributed by atoms with E-state index in [2.05, 4.69) is 34.8 Å². The fourth-order valence-corrected chi connectivity index (χ4v) is 9.24. The SMILES string of the molecule is CC1C=C(C2CN=C(C3C=CC(OC(C)C)=C(CC#N)C3)S2)C2=C(C1)C(NS(=O)(=O)CCN1CCC(O)CC1)CC2. The highest BCUT2D eigenvalue weighted by Crippen LogP contribution is 2.46. The van der Waals surface area contributed by atoms with Crippen molar-refractivity contribution in [3.05, 3.63) is 46.3 Å². The second-order valence-electron chi connectivity index (χ2n) is 12.3. The Morgan fingerprint density at radius 3 is 2.78 bits per heavy atom. The molecule has 224 valence electrons. The summed E-state index contributed by atoms with van der Waals surface area (Å²) in [5, 5.41) is 20.5. The number of piperidine rings is 1. The molecular formula is C31H44N4O4S2. The van der Waals surface area contributed by atoms with E-state index in [4.69, 9.17) is 9.73 Å². The quantitative estimate of drug-likeness (QED) is 0.380. The van der Waals surface area contributed by atoms with Crippen LogP contribution in [0.15, 0.2) is 51.3 Å². The Morgan fingerprint density at radius 2 is 2.05 bits per heavy atom. The summed E-state index contributed by atoms with van der Waals surface area (Å²) in [5.74, 6) is 1.44. The molecule has 0 amide bonds. The normalized spacial score (nSPS) is 29.6. The van der Waals surface area contributed by atoms with Crippen LogP contribution in [0.3, 0.4) is 0 Å². The van der Waals surface area contributed by atoms with Crippen molar-refractivity contribution in [3.8, 4) is 6.07 Å². The third kappa shape index (κ3) is 7.55. The lowest BCUT2D eigenvalue weighted by Crippen LogP contribution is -2.42. The van der Waals surface area contributed by atoms with Gasteiger partial charge in [0.15, 0.2) is 0 Å². The van der Waals surface area contributed by atoms with Crippen molar-refractivity contribution in [3.63, 3.8) is 0 Å². The Kier molecular flexibility index (Phi) is 9.82. The summed E-state index contributed by atoms with van der Waals surface area (Å²) in [5.41, 5.74) is 4.99. The van der Waals surface area contributed by atoms with Crippen LogP contribution in [0, 0.1) is 23.2 Å². The topological polar surface area (TPSA) is 115 Å². The molecule has 5 rings (SSSR count). The number of nitrogens with one attached hydrogen (secondary N) is 1. The van der Waals surface area contributed by atoms with Gasteiger partial charge in [0.25, 0.3) is 0 Å². The van der Waals surface area contributed by atoms with E-state index in [-0.39, 0.29) is 35.2 Å². The van der Waals surface area contributed by atoms with Crippen LogP contribution >= 0.6 is 11.8 Å². The highest BCUT2D eigenvalue weighted by Gasteiger charge is 2.38. The van der Waals surface area contributed by atoms with Crippen molar-refractivity contribution in [2.75, 3.05) is 31.9 Å². The summed E-state index contributed by atoms with van der Waals surface area (Å²) in [7, 11) is -3.41. The van der Waals surface area contributed by atoms with Gasteiger partial charge in [0.1, 0.15) is 5.76 Å². The predicted octanol–water partition coefficient (Wildman–Crippen LogP) is 4.47. The summed E-state index contributed by atoms with van der Waals surface area (Å²) in [6, 6.07) is 2.17. The number of sulfonamides is 1. The van der Waals surface area contributed by atoms with Crippen molar-refractivity contribution in [1.29, 1.82) is 5.26 Å². The number of aliphatic imine (C=N–C) groups is 1. The number of aliphatic hydroxyl groups excluding tert-OH is 1. The van der Waals surface area contributed by atoms with E-state index in [9.17, 15) is 18.8 Å². The van der Waals surface area contributed by atoms with E-state index < -0.39 is 10.0 Å². The first-order chi connectivity index (χ1) is 19.6. The lowest BCUT2D eigenvalue weighted by Gasteiger charge is -2.30. The molecule has 4 atom stereocenters. The summed E-state index contributed by atoms with van der Waals surface area (Å²) in [4.78, 5) is 7.12. The minimum Gasteiger partial charge on any atom is -0.491 e. The highest BCUT2D eigenvalue weighted by molar-refractivity contribution is 8.15. The van der Waals surface area contributed by atoms with Crippen molar-refractivity contribution in [2.45, 2.75) is 89.2 Å². The zero-order valence-electron chi connectivity index (χ0n) is 24.5. The minimum atomic E-state index is -3.41. The number of hydrogen-bond donors (Lipinski definition) is 2. The van der Waals surface area contributed by atoms with Gasteiger partial charge in [-0.15, -0.1) is 11.8 Å². The number of allylic oxidation sites excluding steroid dienone is 5. The molecule has 0 aromatic rings. The number of ether oxygens (including phenoxy) is 1. The Bertz CT molecular complexity index is 1300. The minimum absolute atomic E-state index is 0.0644. The second-order valence-corrected chi connectivity index (χ2v) is 15.4. The molecule has 8 nitrogen and oxygen atoms in total. The van der Waals surface area contributed by atoms with Gasteiger partial charge < -0.3 is 14.7 Å². The van der Waals surface area contributed by atoms with Crippen LogP contribution in [-0.2, 0) is 14.8 Å². The Hall–Kier alpha value is -1.90. The zero-order chi connectivity index (χ0) is 29.1. The van der Waals surface area contributed by atoms with Crippen molar-refractivity contribution >= 4 is 26.8 Å². The van der Waals surface area contributed by atoms with Crippen molar-refractivity contribution < 1.29 is 18.3 Å². The molecule has 4 unspecified atom stereocenters. The van der Waals surface area contributed by atoms with E-state index in [1.807, 2.05) is 31.7 Å². The molecule has 3 aliphatic carbocycles. The summed E-state index contributed by atoms with van der Waals surface area (Å²) >= 11 is 1.84. The van der Waals surface area contributed by atoms with Gasteiger partial charge in [-0.3, -0.25) is 4.99 Å². The van der Waals surface area contributed by atoms with Crippen LogP contribution in [0.4, 0.5) is 0 Å². The maximum absolute atomic E-state index is 13.1. The molecule has 0 saturated carbocycles. The second kappa shape index (κ2) is 13.2. The van der Waals surface area contributed by atoms with Gasteiger partial charge in [-0.2, -0.15) is 5.26 Å². The van der Waals surface area contributed by atoms with Crippen LogP contribution in [0.5, 0.6) is 0 Å². The predicted molar refractivity (Wildman–Crippen MR) is 165 cm³/mol. The molecule has 2 heterocycles. The number of aliphatic hydroxyl groups is 1. The standard InChI is InChI=1S/C31H44N4O4S2/c1-20(2)39-29-7-4-23(18-22(29)8-11-32)31-33-19-30(40-31)27-17-21(3)16-26-25(27)5-6-28(26)34-41(37,38)15-14-35-12-9-24(36)10-13-35/h4,7,17,20-21,23-24,28,30,34,36H,5-6,8-10,12-16,18-19H2,1-3H3. The maximum Gasteiger partial charge on any atom is 0.213 e. The average Bonchev–Trinajstić information content (AvgIpc) is 3.57. The lowest BCUT2D eigenvalue weighted by atomic mass is 9.84. The zero-order valence-corrected chi connectivity index (χ0v) is 26.1. The van der Waals surface area contributed by atoms with Gasteiger partial charge in [-0.1, -0.05) is 19.1 Å². The Balaban J connectivity index is 1.21. The van der Waals surface area contributed by atoms with Crippen molar-refractivity contribution in [1.82, 2.24) is 9.62 Å². The molecule has 10 heteroatoms. The molecule has 41 heavy (non-hydrogen) atoms. The smallest absolute Gasteiger partial charge is 0.213 e. The van der Waals surface area contributed by atoms with Gasteiger partial charge in [-0.05, 0) is 86.7 Å². The van der Waals surface area contributed by atoms with Gasteiger partial charge in [0, 0.05) is 31.6 Å². The average molecular weight is 601 g/mol. The Morgan fingerprint density at radius 1 is 1.27 bits per heavy atom. The van der Waals surface area contributed by atoms with Gasteiger partial charge in [-0.25, -0.2) is 13.1 Å². The number of nitrogens with zero attached hydrogens (tertiary/aromatic N) is 3. The van der Waals surface area contributed by atoms with Crippen LogP contribution in [-0.4, -0.2) is 78.9 Å². The molecular weight excluding hydrogens is 556 g/mol. The van der Waals surface area contributed by atoms with Crippen LogP contribution in [0.1, 0.15) is 65.7 Å². The number of likely N-dealkylation sites (tertiary alicyclic amines) is 1. The summed E-state index contributed by atoms with van der Waals surface area (Å²) in [6.07, 6.45) is 11.5. The van der Waals surface area contributed by atoms with E-state index in [1.165, 1.54) is 16.7 Å². The first kappa shape index (κ1) is 30.6. The number of hydrogen-bond acceptors (Lipinski definition) is 8. The van der Waals surface area contributed by atoms with Crippen LogP contribution < -0.4 is 4.72 Å². The first-order valence-electron chi connectivity index (χ1n) is 15.1. The molecule has 0 aromatic carbocycles. The molecule has 0 aromatic heterocycles. The van der Waals surface area contributed by atoms with E-state index >= 15 is 0 Å². The maximum atomic E-state index is 13.1. The first-order valence-corrected chi connectivity index (χ1v) is 17.6. The third-order valence-electron chi connectivity index (χ3n) is 8.69. The number of thioether (sulfide) groups is 1. The molecule has 0 radical (unpaired) electrons. The van der Waals surface area contributed by atoms with Gasteiger partial charge in [0.05, 0.1) is 47.3 Å². The Labute approximate surface area is 249 Å². The largest absolute Gasteiger partial charge is 0.491 e. The van der Waals surface area contributed by atoms with Gasteiger partial charge >= 0.3 is 0 Å². The molecule has 2 N–H and O–H groups in total. The third-order valence-corrected chi connectivity index (χ3v) is 11.4. The molecule has 1 saturated heterocycles.